The minimum absolute atomic E-state index is 0.0679. The zero-order chi connectivity index (χ0) is 38.2. The molecule has 9 aliphatic rings. The number of dihydropyridines is 1. The molecule has 5 aliphatic carbocycles. The van der Waals surface area contributed by atoms with Crippen LogP contribution in [-0.2, 0) is 5.41 Å². The predicted octanol–water partition coefficient (Wildman–Crippen LogP) is 8.71. The minimum atomic E-state index is 0.0679. The van der Waals surface area contributed by atoms with E-state index in [0.29, 0.717) is 5.41 Å². The largest absolute Gasteiger partial charge is 0.381 e. The Kier molecular flexibility index (Phi) is 5.72. The Morgan fingerprint density at radius 3 is 2.17 bits per heavy atom. The minimum Gasteiger partial charge on any atom is -0.381 e. The molecule has 1 N–H and O–H groups in total. The molecule has 6 aromatic rings. The lowest BCUT2D eigenvalue weighted by Crippen LogP contribution is -2.88. The standard InChI is InChI=1S/C54H40BN4/c1-2-13-34(14-3-1)58-45-22-7-6-19-41(45)55-42-31-40-38(35-15-4-5-18-39(35)54(40)49-28-32-27-33-29-50(54)53(32,33)49)30-48(42)59(47-24-11-23-46(58)51(47)55)52-36(43-20-8-9-25-56-43)16-10-17-37(52)44-21-12-26-57-44/h1-24,26,30-33,49-50,56H,25,27-29H2/q+1. The summed E-state index contributed by atoms with van der Waals surface area (Å²) < 4.78 is 4.97. The fourth-order valence-electron chi connectivity index (χ4n) is 14.7. The quantitative estimate of drug-likeness (QED) is 0.144. The van der Waals surface area contributed by atoms with Gasteiger partial charge in [-0.3, -0.25) is 0 Å². The van der Waals surface area contributed by atoms with Crippen molar-refractivity contribution in [2.24, 2.45) is 29.1 Å². The normalized spacial score (nSPS) is 28.0. The van der Waals surface area contributed by atoms with E-state index in [1.54, 1.807) is 11.1 Å². The van der Waals surface area contributed by atoms with Gasteiger partial charge >= 0.3 is 5.71 Å². The van der Waals surface area contributed by atoms with Crippen molar-refractivity contribution in [2.75, 3.05) is 16.3 Å². The van der Waals surface area contributed by atoms with Crippen molar-refractivity contribution in [2.45, 2.75) is 24.7 Å². The van der Waals surface area contributed by atoms with Gasteiger partial charge in [-0.1, -0.05) is 102 Å². The van der Waals surface area contributed by atoms with E-state index in [-0.39, 0.29) is 12.1 Å². The van der Waals surface area contributed by atoms with Crippen molar-refractivity contribution in [3.63, 3.8) is 0 Å². The van der Waals surface area contributed by atoms with Crippen molar-refractivity contribution in [3.8, 4) is 11.1 Å². The summed E-state index contributed by atoms with van der Waals surface area (Å²) >= 11 is 0. The molecule has 4 saturated carbocycles. The number of nitrogens with one attached hydrogen (secondary N) is 1. The Balaban J connectivity index is 1.07. The first-order chi connectivity index (χ1) is 29.3. The predicted molar refractivity (Wildman–Crippen MR) is 243 cm³/mol. The number of rotatable bonds is 4. The van der Waals surface area contributed by atoms with Crippen LogP contribution < -0.4 is 36.2 Å². The Labute approximate surface area is 344 Å². The maximum absolute atomic E-state index is 4.97. The van der Waals surface area contributed by atoms with Crippen molar-refractivity contribution in [1.82, 2.24) is 9.98 Å². The first-order valence-corrected chi connectivity index (χ1v) is 21.8. The zero-order valence-electron chi connectivity index (χ0n) is 32.6. The van der Waals surface area contributed by atoms with E-state index in [9.17, 15) is 0 Å². The number of hydrogen-bond donors (Lipinski definition) is 1. The average Bonchev–Trinajstić information content (AvgIpc) is 3.91. The van der Waals surface area contributed by atoms with E-state index in [0.717, 1.165) is 47.2 Å². The lowest BCUT2D eigenvalue weighted by Gasteiger charge is -2.92. The van der Waals surface area contributed by atoms with Crippen LogP contribution in [0.15, 0.2) is 158 Å². The molecule has 0 saturated heterocycles. The van der Waals surface area contributed by atoms with Crippen molar-refractivity contribution in [1.29, 1.82) is 0 Å². The number of fused-ring (bicyclic) bond motifs is 11. The number of para-hydroxylation sites is 3. The van der Waals surface area contributed by atoms with Crippen LogP contribution in [0.2, 0.25) is 0 Å². The maximum atomic E-state index is 4.97. The summed E-state index contributed by atoms with van der Waals surface area (Å²) in [6.07, 6.45) is 17.1. The highest BCUT2D eigenvalue weighted by molar-refractivity contribution is 7.00. The van der Waals surface area contributed by atoms with E-state index >= 15 is 0 Å². The Bertz CT molecular complexity index is 3070. The van der Waals surface area contributed by atoms with Gasteiger partial charge < -0.3 is 15.1 Å². The molecule has 4 aliphatic heterocycles. The third-order valence-corrected chi connectivity index (χ3v) is 16.7. The number of nitrogens with zero attached hydrogens (tertiary/aromatic N) is 3. The van der Waals surface area contributed by atoms with E-state index in [1.165, 1.54) is 86.5 Å². The van der Waals surface area contributed by atoms with Gasteiger partial charge in [0.1, 0.15) is 0 Å². The summed E-state index contributed by atoms with van der Waals surface area (Å²) in [7, 11) is 0. The van der Waals surface area contributed by atoms with Gasteiger partial charge in [-0.15, -0.1) is 0 Å². The monoisotopic (exact) mass is 755 g/mol. The fourth-order valence-corrected chi connectivity index (χ4v) is 14.7. The SMILES string of the molecule is C1=CCNC(c2cccc(C3=[N+]=CC=C3)c2N2c3cc4c(cc3B3c5ccccc5N(c5ccccc5)c5cccc2c53)C2(c3ccccc3-4)C3CC4CC5CC2C453)=C1. The van der Waals surface area contributed by atoms with E-state index in [1.807, 2.05) is 6.21 Å². The highest BCUT2D eigenvalue weighted by atomic mass is 15.2. The average molecular weight is 756 g/mol. The number of hydrogen-bond acceptors (Lipinski definition) is 3. The van der Waals surface area contributed by atoms with Crippen LogP contribution in [0.5, 0.6) is 0 Å². The van der Waals surface area contributed by atoms with Gasteiger partial charge in [0.2, 0.25) is 0 Å². The number of benzene rings is 6. The highest BCUT2D eigenvalue weighted by Gasteiger charge is 2.90. The molecular weight excluding hydrogens is 715 g/mol. The lowest BCUT2D eigenvalue weighted by molar-refractivity contribution is -0.412. The molecule has 4 fully saturated rings. The Morgan fingerprint density at radius 2 is 1.36 bits per heavy atom. The van der Waals surface area contributed by atoms with Gasteiger partial charge in [-0.25, -0.2) is 0 Å². The van der Waals surface area contributed by atoms with Gasteiger partial charge in [0.25, 0.3) is 12.9 Å². The summed E-state index contributed by atoms with van der Waals surface area (Å²) in [5.74, 6) is 3.46. The Hall–Kier alpha value is -6.55. The molecule has 5 heteroatoms. The summed E-state index contributed by atoms with van der Waals surface area (Å²) in [5, 5.41) is 3.76. The topological polar surface area (TPSA) is 32.6 Å². The second-order valence-corrected chi connectivity index (χ2v) is 18.4. The van der Waals surface area contributed by atoms with Crippen molar-refractivity contribution < 1.29 is 0 Å². The second kappa shape index (κ2) is 10.7. The molecule has 0 amide bonds. The fraction of sp³-hybridized carbons (Fsp3) is 0.185. The van der Waals surface area contributed by atoms with Gasteiger partial charge in [0, 0.05) is 63.8 Å². The molecular formula is C54H40BN4+. The van der Waals surface area contributed by atoms with Gasteiger partial charge in [-0.2, -0.15) is 0 Å². The zero-order valence-corrected chi connectivity index (χ0v) is 32.6. The molecule has 4 heterocycles. The van der Waals surface area contributed by atoms with Crippen LogP contribution in [0.25, 0.3) is 16.8 Å². The van der Waals surface area contributed by atoms with Crippen molar-refractivity contribution in [3.05, 3.63) is 180 Å². The van der Waals surface area contributed by atoms with Gasteiger partial charge in [-0.05, 0) is 136 Å². The first kappa shape index (κ1) is 31.4. The summed E-state index contributed by atoms with van der Waals surface area (Å²) in [5.41, 5.74) is 22.8. The lowest BCUT2D eigenvalue weighted by atomic mass is 9.11. The van der Waals surface area contributed by atoms with Crippen LogP contribution in [-0.4, -0.2) is 25.2 Å². The van der Waals surface area contributed by atoms with Crippen LogP contribution in [0, 0.1) is 29.1 Å². The molecule has 4 atom stereocenters. The molecule has 15 rings (SSSR count). The molecule has 278 valence electrons. The van der Waals surface area contributed by atoms with Crippen molar-refractivity contribution >= 4 is 74.8 Å². The molecule has 6 aromatic carbocycles. The molecule has 0 bridgehead atoms. The number of anilines is 6. The van der Waals surface area contributed by atoms with E-state index in [4.69, 9.17) is 4.67 Å². The maximum Gasteiger partial charge on any atom is 0.336 e. The van der Waals surface area contributed by atoms with Gasteiger partial charge in [0.15, 0.2) is 0 Å². The Morgan fingerprint density at radius 1 is 0.610 bits per heavy atom. The summed E-state index contributed by atoms with van der Waals surface area (Å²) in [6, 6.07) is 48.9. The third kappa shape index (κ3) is 3.47. The van der Waals surface area contributed by atoms with Crippen LogP contribution in [0.4, 0.5) is 34.1 Å². The molecule has 4 unspecified atom stereocenters. The van der Waals surface area contributed by atoms with E-state index in [2.05, 4.69) is 173 Å². The van der Waals surface area contributed by atoms with E-state index < -0.39 is 0 Å². The molecule has 0 radical (unpaired) electrons. The first-order valence-electron chi connectivity index (χ1n) is 21.8. The smallest absolute Gasteiger partial charge is 0.336 e. The molecule has 2 spiro atoms. The van der Waals surface area contributed by atoms with Crippen LogP contribution in [0.1, 0.15) is 41.5 Å². The summed E-state index contributed by atoms with van der Waals surface area (Å²) in [4.78, 5) is 5.15. The van der Waals surface area contributed by atoms with Gasteiger partial charge in [0.05, 0.1) is 11.3 Å². The second-order valence-electron chi connectivity index (χ2n) is 18.4. The molecule has 0 aromatic heterocycles. The van der Waals surface area contributed by atoms with Crippen LogP contribution >= 0.6 is 0 Å². The molecule has 59 heavy (non-hydrogen) atoms. The molecule has 4 nitrogen and oxygen atoms in total. The third-order valence-electron chi connectivity index (χ3n) is 16.7. The number of allylic oxidation sites excluding steroid dienone is 4. The highest BCUT2D eigenvalue weighted by Crippen LogP contribution is 2.94. The van der Waals surface area contributed by atoms with Crippen LogP contribution in [0.3, 0.4) is 0 Å². The summed E-state index contributed by atoms with van der Waals surface area (Å²) in [6.45, 7) is 0.864.